The fourth-order valence-corrected chi connectivity index (χ4v) is 2.79. The number of hydrazone groups is 1. The Bertz CT molecular complexity index is 1070. The van der Waals surface area contributed by atoms with Crippen molar-refractivity contribution in [1.29, 1.82) is 0 Å². The molecule has 0 atom stereocenters. The lowest BCUT2D eigenvalue weighted by Crippen LogP contribution is -2.35. The highest BCUT2D eigenvalue weighted by atomic mass is 16.6. The summed E-state index contributed by atoms with van der Waals surface area (Å²) < 4.78 is 0. The molecule has 0 radical (unpaired) electrons. The van der Waals surface area contributed by atoms with Crippen molar-refractivity contribution in [2.45, 2.75) is 6.92 Å². The van der Waals surface area contributed by atoms with E-state index in [0.717, 1.165) is 23.1 Å². The van der Waals surface area contributed by atoms with Gasteiger partial charge in [0, 0.05) is 12.1 Å². The summed E-state index contributed by atoms with van der Waals surface area (Å²) in [7, 11) is 0. The van der Waals surface area contributed by atoms with E-state index < -0.39 is 38.9 Å². The second kappa shape index (κ2) is 7.87. The van der Waals surface area contributed by atoms with Gasteiger partial charge in [0.05, 0.1) is 44.9 Å². The van der Waals surface area contributed by atoms with Crippen LogP contribution in [0.2, 0.25) is 0 Å². The minimum absolute atomic E-state index is 0.192. The number of carbonyl (C=O) groups is 3. The van der Waals surface area contributed by atoms with Crippen LogP contribution in [0.15, 0.2) is 47.6 Å². The molecule has 12 nitrogen and oxygen atoms in total. The van der Waals surface area contributed by atoms with E-state index in [4.69, 9.17) is 0 Å². The smallest absolute Gasteiger partial charge is 0.269 e. The topological polar surface area (TPSA) is 165 Å². The second-order valence-electron chi connectivity index (χ2n) is 6.28. The van der Waals surface area contributed by atoms with Crippen LogP contribution in [0.5, 0.6) is 0 Å². The zero-order valence-corrected chi connectivity index (χ0v) is 15.4. The standard InChI is InChI=1S/C18H13N5O7/c1-10(9-21-17(25)14-4-2-3-5-15(14)18(21)26)19-20-16(24)11-6-12(22(27)28)8-13(7-11)23(29)30/h2-8H,9H2,1H3,(H,20,24). The van der Waals surface area contributed by atoms with Gasteiger partial charge in [-0.2, -0.15) is 5.10 Å². The van der Waals surface area contributed by atoms with E-state index in [2.05, 4.69) is 10.5 Å². The van der Waals surface area contributed by atoms with E-state index in [1.54, 1.807) is 12.1 Å². The third-order valence-corrected chi connectivity index (χ3v) is 4.20. The molecule has 2 aromatic carbocycles. The Labute approximate surface area is 168 Å². The summed E-state index contributed by atoms with van der Waals surface area (Å²) in [5, 5.41) is 25.6. The molecule has 0 aliphatic carbocycles. The minimum Gasteiger partial charge on any atom is -0.269 e. The average Bonchev–Trinajstić information content (AvgIpc) is 2.96. The van der Waals surface area contributed by atoms with Crippen LogP contribution in [0.3, 0.4) is 0 Å². The number of carbonyl (C=O) groups excluding carboxylic acids is 3. The molecule has 3 rings (SSSR count). The molecule has 1 aliphatic rings. The molecule has 0 spiro atoms. The Hall–Kier alpha value is -4.48. The van der Waals surface area contributed by atoms with Crippen LogP contribution in [-0.2, 0) is 0 Å². The van der Waals surface area contributed by atoms with Gasteiger partial charge >= 0.3 is 0 Å². The molecule has 0 saturated heterocycles. The molecule has 0 unspecified atom stereocenters. The molecule has 0 bridgehead atoms. The second-order valence-corrected chi connectivity index (χ2v) is 6.28. The van der Waals surface area contributed by atoms with Gasteiger partial charge in [-0.25, -0.2) is 5.43 Å². The number of nitrogens with zero attached hydrogens (tertiary/aromatic N) is 4. The highest BCUT2D eigenvalue weighted by Gasteiger charge is 2.35. The lowest BCUT2D eigenvalue weighted by atomic mass is 10.1. The number of nitro groups is 2. The number of imide groups is 1. The lowest BCUT2D eigenvalue weighted by molar-refractivity contribution is -0.394. The monoisotopic (exact) mass is 411 g/mol. The SMILES string of the molecule is CC(CN1C(=O)c2ccccc2C1=O)=NNC(=O)c1cc([N+](=O)[O-])cc([N+](=O)[O-])c1. The van der Waals surface area contributed by atoms with Gasteiger partial charge in [-0.3, -0.25) is 39.5 Å². The Balaban J connectivity index is 1.74. The summed E-state index contributed by atoms with van der Waals surface area (Å²) in [5.41, 5.74) is 1.25. The number of rotatable bonds is 6. The molecule has 2 aromatic rings. The third kappa shape index (κ3) is 3.87. The Morgan fingerprint density at radius 2 is 1.50 bits per heavy atom. The summed E-state index contributed by atoms with van der Waals surface area (Å²) in [6.45, 7) is 1.27. The zero-order valence-electron chi connectivity index (χ0n) is 15.4. The van der Waals surface area contributed by atoms with Gasteiger partial charge in [0.25, 0.3) is 29.1 Å². The first kappa shape index (κ1) is 20.3. The number of amides is 3. The van der Waals surface area contributed by atoms with E-state index in [1.807, 2.05) is 0 Å². The zero-order chi connectivity index (χ0) is 22.0. The van der Waals surface area contributed by atoms with E-state index in [0.29, 0.717) is 0 Å². The van der Waals surface area contributed by atoms with Crippen molar-refractivity contribution in [3.05, 3.63) is 79.4 Å². The fraction of sp³-hybridized carbons (Fsp3) is 0.111. The molecule has 0 aromatic heterocycles. The number of benzene rings is 2. The van der Waals surface area contributed by atoms with Crippen molar-refractivity contribution in [3.8, 4) is 0 Å². The molecule has 12 heteroatoms. The van der Waals surface area contributed by atoms with Gasteiger partial charge in [-0.1, -0.05) is 12.1 Å². The third-order valence-electron chi connectivity index (χ3n) is 4.20. The Morgan fingerprint density at radius 1 is 1.00 bits per heavy atom. The van der Waals surface area contributed by atoms with Gasteiger partial charge in [0.1, 0.15) is 0 Å². The molecular weight excluding hydrogens is 398 g/mol. The molecule has 0 saturated carbocycles. The van der Waals surface area contributed by atoms with Crippen molar-refractivity contribution in [2.24, 2.45) is 5.10 Å². The number of fused-ring (bicyclic) bond motifs is 1. The predicted octanol–water partition coefficient (Wildman–Crippen LogP) is 1.90. The lowest BCUT2D eigenvalue weighted by Gasteiger charge is -2.13. The van der Waals surface area contributed by atoms with E-state index in [-0.39, 0.29) is 28.9 Å². The van der Waals surface area contributed by atoms with Crippen molar-refractivity contribution in [2.75, 3.05) is 6.54 Å². The first-order valence-electron chi connectivity index (χ1n) is 8.41. The first-order valence-corrected chi connectivity index (χ1v) is 8.41. The van der Waals surface area contributed by atoms with Crippen LogP contribution in [0.1, 0.15) is 38.0 Å². The summed E-state index contributed by atoms with van der Waals surface area (Å²) in [6.07, 6.45) is 0. The molecule has 152 valence electrons. The van der Waals surface area contributed by atoms with Gasteiger partial charge in [0.15, 0.2) is 0 Å². The van der Waals surface area contributed by atoms with E-state index >= 15 is 0 Å². The molecule has 0 fully saturated rings. The predicted molar refractivity (Wildman–Crippen MR) is 102 cm³/mol. The summed E-state index contributed by atoms with van der Waals surface area (Å²) in [4.78, 5) is 58.0. The number of nitro benzene ring substituents is 2. The van der Waals surface area contributed by atoms with Crippen molar-refractivity contribution in [1.82, 2.24) is 10.3 Å². The number of non-ortho nitro benzene ring substituents is 2. The van der Waals surface area contributed by atoms with E-state index in [9.17, 15) is 34.6 Å². The van der Waals surface area contributed by atoms with Crippen LogP contribution in [0, 0.1) is 20.2 Å². The maximum atomic E-state index is 12.3. The van der Waals surface area contributed by atoms with Crippen molar-refractivity contribution < 1.29 is 24.2 Å². The average molecular weight is 411 g/mol. The van der Waals surface area contributed by atoms with Crippen molar-refractivity contribution >= 4 is 34.8 Å². The van der Waals surface area contributed by atoms with Crippen LogP contribution in [0.4, 0.5) is 11.4 Å². The largest absolute Gasteiger partial charge is 0.277 e. The molecule has 30 heavy (non-hydrogen) atoms. The Morgan fingerprint density at radius 3 is 1.97 bits per heavy atom. The summed E-state index contributed by atoms with van der Waals surface area (Å²) in [5.74, 6) is -1.92. The quantitative estimate of drug-likeness (QED) is 0.328. The van der Waals surface area contributed by atoms with Crippen LogP contribution in [-0.4, -0.2) is 44.7 Å². The minimum atomic E-state index is -0.927. The molecule has 3 amide bonds. The molecule has 1 aliphatic heterocycles. The highest BCUT2D eigenvalue weighted by molar-refractivity contribution is 6.22. The highest BCUT2D eigenvalue weighted by Crippen LogP contribution is 2.23. The molecule has 1 heterocycles. The van der Waals surface area contributed by atoms with Gasteiger partial charge < -0.3 is 0 Å². The number of hydrogen-bond donors (Lipinski definition) is 1. The van der Waals surface area contributed by atoms with E-state index in [1.165, 1.54) is 19.1 Å². The van der Waals surface area contributed by atoms with Crippen LogP contribution >= 0.6 is 0 Å². The van der Waals surface area contributed by atoms with Crippen molar-refractivity contribution in [3.63, 3.8) is 0 Å². The van der Waals surface area contributed by atoms with Crippen LogP contribution < -0.4 is 5.43 Å². The maximum Gasteiger partial charge on any atom is 0.277 e. The summed E-state index contributed by atoms with van der Waals surface area (Å²) >= 11 is 0. The summed E-state index contributed by atoms with van der Waals surface area (Å²) in [6, 6.07) is 8.79. The van der Waals surface area contributed by atoms with Crippen LogP contribution in [0.25, 0.3) is 0 Å². The fourth-order valence-electron chi connectivity index (χ4n) is 2.79. The Kier molecular flexibility index (Phi) is 5.31. The van der Waals surface area contributed by atoms with Gasteiger partial charge in [-0.15, -0.1) is 0 Å². The van der Waals surface area contributed by atoms with Gasteiger partial charge in [0.2, 0.25) is 0 Å². The maximum absolute atomic E-state index is 12.3. The number of nitrogens with one attached hydrogen (secondary N) is 1. The number of hydrogen-bond acceptors (Lipinski definition) is 8. The van der Waals surface area contributed by atoms with Gasteiger partial charge in [-0.05, 0) is 19.1 Å². The normalized spacial score (nSPS) is 13.2. The molecule has 1 N–H and O–H groups in total. The first-order chi connectivity index (χ1) is 14.2. The molecular formula is C18H13N5O7.